The molecule has 96 valence electrons. The number of methoxy groups -OCH3 is 1. The van der Waals surface area contributed by atoms with E-state index in [0.717, 1.165) is 12.8 Å². The number of ether oxygens (including phenoxy) is 1. The first-order valence-corrected chi connectivity index (χ1v) is 5.70. The van der Waals surface area contributed by atoms with E-state index in [-0.39, 0.29) is 17.8 Å². The minimum absolute atomic E-state index is 0.00574. The highest BCUT2D eigenvalue weighted by molar-refractivity contribution is 5.99. The van der Waals surface area contributed by atoms with Gasteiger partial charge in [0.25, 0.3) is 5.91 Å². The molecule has 1 aromatic rings. The molecule has 0 bridgehead atoms. The van der Waals surface area contributed by atoms with Crippen molar-refractivity contribution >= 4 is 11.7 Å². The number of aromatic nitrogens is 2. The standard InChI is InChI=1S/C11H20N4O2/c1-4-5-8(6-17-3)13-11(16)9-7(2)14-15-10(9)12/h8H,4-6H2,1-3H3,(H,13,16)(H3,12,14,15). The van der Waals surface area contributed by atoms with Gasteiger partial charge >= 0.3 is 0 Å². The number of H-pyrrole nitrogens is 1. The molecule has 0 aliphatic heterocycles. The lowest BCUT2D eigenvalue weighted by Crippen LogP contribution is -2.38. The van der Waals surface area contributed by atoms with Gasteiger partial charge in [0.15, 0.2) is 5.82 Å². The molecule has 0 saturated heterocycles. The summed E-state index contributed by atoms with van der Waals surface area (Å²) < 4.78 is 5.07. The summed E-state index contributed by atoms with van der Waals surface area (Å²) in [6.07, 6.45) is 1.85. The fourth-order valence-electron chi connectivity index (χ4n) is 1.74. The predicted octanol–water partition coefficient (Wildman–Crippen LogP) is 0.845. The molecule has 0 fully saturated rings. The van der Waals surface area contributed by atoms with Gasteiger partial charge in [-0.15, -0.1) is 0 Å². The second kappa shape index (κ2) is 6.24. The number of carbonyl (C=O) groups is 1. The molecule has 1 aromatic heterocycles. The minimum Gasteiger partial charge on any atom is -0.383 e. The van der Waals surface area contributed by atoms with E-state index < -0.39 is 0 Å². The van der Waals surface area contributed by atoms with Crippen LogP contribution in [0.5, 0.6) is 0 Å². The van der Waals surface area contributed by atoms with Crippen LogP contribution in [-0.2, 0) is 4.74 Å². The van der Waals surface area contributed by atoms with Gasteiger partial charge in [-0.1, -0.05) is 13.3 Å². The molecule has 1 heterocycles. The summed E-state index contributed by atoms with van der Waals surface area (Å²) in [4.78, 5) is 12.0. The number of nitrogens with zero attached hydrogens (tertiary/aromatic N) is 1. The van der Waals surface area contributed by atoms with Crippen LogP contribution in [-0.4, -0.2) is 35.9 Å². The number of hydrogen-bond donors (Lipinski definition) is 3. The lowest BCUT2D eigenvalue weighted by Gasteiger charge is -2.17. The molecule has 0 aliphatic carbocycles. The van der Waals surface area contributed by atoms with Gasteiger partial charge in [0.05, 0.1) is 12.6 Å². The van der Waals surface area contributed by atoms with Gasteiger partial charge in [0.2, 0.25) is 0 Å². The Morgan fingerprint density at radius 1 is 1.65 bits per heavy atom. The Morgan fingerprint density at radius 3 is 2.82 bits per heavy atom. The summed E-state index contributed by atoms with van der Waals surface area (Å²) in [5.74, 6) is 0.0249. The number of rotatable bonds is 6. The highest BCUT2D eigenvalue weighted by Gasteiger charge is 2.19. The highest BCUT2D eigenvalue weighted by Crippen LogP contribution is 2.12. The van der Waals surface area contributed by atoms with Gasteiger partial charge in [-0.3, -0.25) is 9.89 Å². The van der Waals surface area contributed by atoms with Gasteiger partial charge in [-0.05, 0) is 13.3 Å². The van der Waals surface area contributed by atoms with Gasteiger partial charge in [-0.2, -0.15) is 5.10 Å². The Balaban J connectivity index is 2.70. The molecule has 0 radical (unpaired) electrons. The topological polar surface area (TPSA) is 93.0 Å². The molecule has 4 N–H and O–H groups in total. The van der Waals surface area contributed by atoms with E-state index in [1.165, 1.54) is 0 Å². The number of nitrogens with two attached hydrogens (primary N) is 1. The maximum Gasteiger partial charge on any atom is 0.257 e. The molecule has 17 heavy (non-hydrogen) atoms. The zero-order chi connectivity index (χ0) is 12.8. The van der Waals surface area contributed by atoms with Crippen molar-refractivity contribution in [3.05, 3.63) is 11.3 Å². The SMILES string of the molecule is CCCC(COC)NC(=O)c1c(N)n[nH]c1C. The molecule has 1 rings (SSSR count). The smallest absolute Gasteiger partial charge is 0.257 e. The highest BCUT2D eigenvalue weighted by atomic mass is 16.5. The first-order chi connectivity index (χ1) is 8.10. The molecule has 1 amide bonds. The number of nitrogen functional groups attached to an aromatic ring is 1. The first kappa shape index (κ1) is 13.5. The zero-order valence-electron chi connectivity index (χ0n) is 10.5. The van der Waals surface area contributed by atoms with Gasteiger partial charge in [0.1, 0.15) is 5.56 Å². The van der Waals surface area contributed by atoms with Crippen molar-refractivity contribution in [2.45, 2.75) is 32.7 Å². The van der Waals surface area contributed by atoms with Crippen LogP contribution >= 0.6 is 0 Å². The molecule has 0 aromatic carbocycles. The van der Waals surface area contributed by atoms with Gasteiger partial charge in [-0.25, -0.2) is 0 Å². The normalized spacial score (nSPS) is 12.4. The molecule has 0 saturated carbocycles. The summed E-state index contributed by atoms with van der Waals surface area (Å²) in [5.41, 5.74) is 6.72. The van der Waals surface area contributed by atoms with Crippen LogP contribution in [0.4, 0.5) is 5.82 Å². The Hall–Kier alpha value is -1.56. The average molecular weight is 240 g/mol. The lowest BCUT2D eigenvalue weighted by molar-refractivity contribution is 0.0892. The Labute approximate surface area is 101 Å². The van der Waals surface area contributed by atoms with Crippen molar-refractivity contribution in [3.63, 3.8) is 0 Å². The predicted molar refractivity (Wildman–Crippen MR) is 65.8 cm³/mol. The van der Waals surface area contributed by atoms with Crippen molar-refractivity contribution in [3.8, 4) is 0 Å². The fraction of sp³-hybridized carbons (Fsp3) is 0.636. The third kappa shape index (κ3) is 3.45. The number of amides is 1. The van der Waals surface area contributed by atoms with E-state index in [2.05, 4.69) is 22.4 Å². The van der Waals surface area contributed by atoms with Crippen LogP contribution in [0.15, 0.2) is 0 Å². The quantitative estimate of drug-likeness (QED) is 0.687. The second-order valence-electron chi connectivity index (χ2n) is 4.02. The van der Waals surface area contributed by atoms with Crippen LogP contribution < -0.4 is 11.1 Å². The van der Waals surface area contributed by atoms with Crippen LogP contribution in [0.2, 0.25) is 0 Å². The number of aromatic amines is 1. The van der Waals surface area contributed by atoms with Crippen LogP contribution in [0, 0.1) is 6.92 Å². The largest absolute Gasteiger partial charge is 0.383 e. The summed E-state index contributed by atoms with van der Waals surface area (Å²) >= 11 is 0. The summed E-state index contributed by atoms with van der Waals surface area (Å²) in [6, 6.07) is 0.00574. The van der Waals surface area contributed by atoms with Crippen molar-refractivity contribution in [2.75, 3.05) is 19.5 Å². The third-order valence-corrected chi connectivity index (χ3v) is 2.54. The monoisotopic (exact) mass is 240 g/mol. The fourth-order valence-corrected chi connectivity index (χ4v) is 1.74. The van der Waals surface area contributed by atoms with Gasteiger partial charge < -0.3 is 15.8 Å². The van der Waals surface area contributed by atoms with E-state index in [1.54, 1.807) is 14.0 Å². The maximum absolute atomic E-state index is 12.0. The number of hydrogen-bond acceptors (Lipinski definition) is 4. The number of nitrogens with one attached hydrogen (secondary N) is 2. The summed E-state index contributed by atoms with van der Waals surface area (Å²) in [5, 5.41) is 9.38. The number of aryl methyl sites for hydroxylation is 1. The van der Waals surface area contributed by atoms with Gasteiger partial charge in [0, 0.05) is 12.8 Å². The Kier molecular flexibility index (Phi) is 4.96. The molecular weight excluding hydrogens is 220 g/mol. The Morgan fingerprint density at radius 2 is 2.35 bits per heavy atom. The molecule has 6 nitrogen and oxygen atoms in total. The summed E-state index contributed by atoms with van der Waals surface area (Å²) in [7, 11) is 1.62. The third-order valence-electron chi connectivity index (χ3n) is 2.54. The summed E-state index contributed by atoms with van der Waals surface area (Å²) in [6.45, 7) is 4.33. The molecule has 6 heteroatoms. The van der Waals surface area contributed by atoms with Crippen molar-refractivity contribution in [1.82, 2.24) is 15.5 Å². The van der Waals surface area contributed by atoms with E-state index in [9.17, 15) is 4.79 Å². The van der Waals surface area contributed by atoms with Crippen molar-refractivity contribution < 1.29 is 9.53 Å². The van der Waals surface area contributed by atoms with E-state index in [1.807, 2.05) is 0 Å². The van der Waals surface area contributed by atoms with E-state index in [4.69, 9.17) is 10.5 Å². The van der Waals surface area contributed by atoms with Crippen molar-refractivity contribution in [1.29, 1.82) is 0 Å². The van der Waals surface area contributed by atoms with Crippen LogP contribution in [0.3, 0.4) is 0 Å². The second-order valence-corrected chi connectivity index (χ2v) is 4.02. The van der Waals surface area contributed by atoms with Crippen LogP contribution in [0.1, 0.15) is 35.8 Å². The number of carbonyl (C=O) groups excluding carboxylic acids is 1. The average Bonchev–Trinajstić information content (AvgIpc) is 2.59. The maximum atomic E-state index is 12.0. The molecular formula is C11H20N4O2. The molecule has 1 unspecified atom stereocenters. The molecule has 1 atom stereocenters. The Bertz CT molecular complexity index is 350. The zero-order valence-corrected chi connectivity index (χ0v) is 10.5. The van der Waals surface area contributed by atoms with E-state index in [0.29, 0.717) is 17.9 Å². The lowest BCUT2D eigenvalue weighted by atomic mass is 10.1. The van der Waals surface area contributed by atoms with Crippen LogP contribution in [0.25, 0.3) is 0 Å². The van der Waals surface area contributed by atoms with Crippen molar-refractivity contribution in [2.24, 2.45) is 0 Å². The minimum atomic E-state index is -0.204. The van der Waals surface area contributed by atoms with E-state index >= 15 is 0 Å². The first-order valence-electron chi connectivity index (χ1n) is 5.70. The molecule has 0 aliphatic rings. The number of anilines is 1. The molecule has 0 spiro atoms.